The highest BCUT2D eigenvalue weighted by atomic mass is 16.5. The first-order valence-corrected chi connectivity index (χ1v) is 10.4. The quantitative estimate of drug-likeness (QED) is 0.590. The number of nitrogens with zero attached hydrogens (tertiary/aromatic N) is 2. The van der Waals surface area contributed by atoms with Gasteiger partial charge in [0.15, 0.2) is 0 Å². The smallest absolute Gasteiger partial charge is 0.267 e. The van der Waals surface area contributed by atoms with Gasteiger partial charge in [0, 0.05) is 56.6 Å². The minimum Gasteiger partial charge on any atom is -0.381 e. The van der Waals surface area contributed by atoms with Gasteiger partial charge in [0.25, 0.3) is 5.91 Å². The average Bonchev–Trinajstić information content (AvgIpc) is 3.41. The van der Waals surface area contributed by atoms with Crippen molar-refractivity contribution in [3.05, 3.63) is 60.6 Å². The van der Waals surface area contributed by atoms with Crippen LogP contribution >= 0.6 is 0 Å². The number of ether oxygens (including phenoxy) is 1. The van der Waals surface area contributed by atoms with Crippen LogP contribution in [0.5, 0.6) is 0 Å². The van der Waals surface area contributed by atoms with Crippen LogP contribution in [0.3, 0.4) is 0 Å². The van der Waals surface area contributed by atoms with Crippen LogP contribution in [0.2, 0.25) is 0 Å². The van der Waals surface area contributed by atoms with Crippen LogP contribution in [0.1, 0.15) is 29.8 Å². The van der Waals surface area contributed by atoms with Crippen molar-refractivity contribution in [1.82, 2.24) is 19.8 Å². The van der Waals surface area contributed by atoms with Crippen LogP contribution in [0, 0.1) is 0 Å². The van der Waals surface area contributed by atoms with Crippen LogP contribution in [0.15, 0.2) is 54.9 Å². The van der Waals surface area contributed by atoms with E-state index in [9.17, 15) is 9.59 Å². The number of carbonyl (C=O) groups is 2. The molecule has 0 radical (unpaired) electrons. The minimum absolute atomic E-state index is 0.00976. The Kier molecular flexibility index (Phi) is 5.90. The molecule has 158 valence electrons. The number of fused-ring (bicyclic) bond motifs is 1. The summed E-state index contributed by atoms with van der Waals surface area (Å²) in [6, 6.07) is 13.7. The van der Waals surface area contributed by atoms with Crippen LogP contribution < -0.4 is 10.6 Å². The van der Waals surface area contributed by atoms with Crippen molar-refractivity contribution < 1.29 is 14.3 Å². The van der Waals surface area contributed by atoms with Gasteiger partial charge in [0.2, 0.25) is 5.91 Å². The Morgan fingerprint density at radius 3 is 2.47 bits per heavy atom. The topological polar surface area (TPSA) is 77.3 Å². The molecule has 1 aliphatic heterocycles. The van der Waals surface area contributed by atoms with Gasteiger partial charge in [-0.05, 0) is 37.1 Å². The Bertz CT molecular complexity index is 1020. The normalized spacial score (nSPS) is 15.8. The van der Waals surface area contributed by atoms with Crippen molar-refractivity contribution in [1.29, 1.82) is 0 Å². The van der Waals surface area contributed by atoms with E-state index in [1.54, 1.807) is 0 Å². The maximum absolute atomic E-state index is 12.6. The van der Waals surface area contributed by atoms with E-state index in [1.807, 2.05) is 66.5 Å². The summed E-state index contributed by atoms with van der Waals surface area (Å²) in [6.45, 7) is 2.09. The molecule has 3 aromatic rings. The predicted octanol–water partition coefficient (Wildman–Crippen LogP) is 2.42. The van der Waals surface area contributed by atoms with E-state index in [1.165, 1.54) is 0 Å². The number of aromatic nitrogens is 2. The number of aryl methyl sites for hydroxylation is 1. The summed E-state index contributed by atoms with van der Waals surface area (Å²) in [5.74, 6) is -0.152. The minimum atomic E-state index is -0.238. The number of nitrogens with one attached hydrogen (secondary N) is 2. The zero-order chi connectivity index (χ0) is 21.0. The van der Waals surface area contributed by atoms with Gasteiger partial charge in [-0.3, -0.25) is 9.59 Å². The highest BCUT2D eigenvalue weighted by Crippen LogP contribution is 2.32. The Balaban J connectivity index is 1.29. The van der Waals surface area contributed by atoms with Gasteiger partial charge in [-0.15, -0.1) is 0 Å². The zero-order valence-corrected chi connectivity index (χ0v) is 17.3. The first kappa shape index (κ1) is 20.2. The Morgan fingerprint density at radius 2 is 1.73 bits per heavy atom. The van der Waals surface area contributed by atoms with Gasteiger partial charge in [-0.2, -0.15) is 0 Å². The van der Waals surface area contributed by atoms with E-state index in [4.69, 9.17) is 4.74 Å². The van der Waals surface area contributed by atoms with Gasteiger partial charge in [-0.1, -0.05) is 18.2 Å². The summed E-state index contributed by atoms with van der Waals surface area (Å²) >= 11 is 0. The first-order chi connectivity index (χ1) is 14.6. The number of hydrogen-bond donors (Lipinski definition) is 2. The second-order valence-electron chi connectivity index (χ2n) is 7.86. The number of amides is 2. The summed E-state index contributed by atoms with van der Waals surface area (Å²) in [7, 11) is 1.88. The van der Waals surface area contributed by atoms with Crippen molar-refractivity contribution in [3.8, 4) is 0 Å². The molecule has 2 N–H and O–H groups in total. The lowest BCUT2D eigenvalue weighted by atomic mass is 9.86. The Morgan fingerprint density at radius 1 is 1.03 bits per heavy atom. The molecule has 1 aromatic carbocycles. The van der Waals surface area contributed by atoms with Crippen LogP contribution in [0.25, 0.3) is 10.9 Å². The molecule has 7 nitrogen and oxygen atoms in total. The highest BCUT2D eigenvalue weighted by molar-refractivity contribution is 5.98. The number of para-hydroxylation sites is 1. The van der Waals surface area contributed by atoms with Crippen molar-refractivity contribution in [2.75, 3.05) is 26.3 Å². The number of rotatable bonds is 7. The lowest BCUT2D eigenvalue weighted by molar-refractivity contribution is -0.124. The molecular weight excluding hydrogens is 380 g/mol. The SMILES string of the molecule is Cn1c(C(=O)NCCNC(=O)CC2(n3cccc3)CCOCC2)cc2ccccc21. The van der Waals surface area contributed by atoms with Gasteiger partial charge < -0.3 is 24.5 Å². The third kappa shape index (κ3) is 4.11. The molecule has 2 amide bonds. The van der Waals surface area contributed by atoms with E-state index >= 15 is 0 Å². The summed E-state index contributed by atoms with van der Waals surface area (Å²) in [6.07, 6.45) is 6.06. The Labute approximate surface area is 176 Å². The average molecular weight is 409 g/mol. The standard InChI is InChI=1S/C23H28N4O3/c1-26-19-7-3-2-6-18(19)16-20(26)22(29)25-11-10-24-21(28)17-23(8-14-30-15-9-23)27-12-4-5-13-27/h2-7,12-13,16H,8-11,14-15,17H2,1H3,(H,24,28)(H,25,29). The predicted molar refractivity (Wildman–Crippen MR) is 115 cm³/mol. The van der Waals surface area contributed by atoms with Gasteiger partial charge in [0.1, 0.15) is 5.69 Å². The maximum atomic E-state index is 12.6. The van der Waals surface area contributed by atoms with Gasteiger partial charge in [0.05, 0.1) is 12.0 Å². The van der Waals surface area contributed by atoms with E-state index in [2.05, 4.69) is 15.2 Å². The van der Waals surface area contributed by atoms with Crippen LogP contribution in [-0.2, 0) is 22.1 Å². The third-order valence-corrected chi connectivity index (χ3v) is 5.98. The lowest BCUT2D eigenvalue weighted by Gasteiger charge is -2.38. The molecule has 4 rings (SSSR count). The summed E-state index contributed by atoms with van der Waals surface area (Å²) in [4.78, 5) is 25.2. The van der Waals surface area contributed by atoms with E-state index in [-0.39, 0.29) is 17.4 Å². The molecular formula is C23H28N4O3. The van der Waals surface area contributed by atoms with Crippen molar-refractivity contribution in [2.45, 2.75) is 24.8 Å². The second-order valence-corrected chi connectivity index (χ2v) is 7.86. The highest BCUT2D eigenvalue weighted by Gasteiger charge is 2.36. The molecule has 30 heavy (non-hydrogen) atoms. The monoisotopic (exact) mass is 408 g/mol. The maximum Gasteiger partial charge on any atom is 0.267 e. The first-order valence-electron chi connectivity index (χ1n) is 10.4. The van der Waals surface area contributed by atoms with Crippen molar-refractivity contribution >= 4 is 22.7 Å². The lowest BCUT2D eigenvalue weighted by Crippen LogP contribution is -2.44. The zero-order valence-electron chi connectivity index (χ0n) is 17.3. The largest absolute Gasteiger partial charge is 0.381 e. The second kappa shape index (κ2) is 8.75. The fraction of sp³-hybridized carbons (Fsp3) is 0.391. The summed E-state index contributed by atoms with van der Waals surface area (Å²) < 4.78 is 9.53. The molecule has 0 spiro atoms. The third-order valence-electron chi connectivity index (χ3n) is 5.98. The summed E-state index contributed by atoms with van der Waals surface area (Å²) in [5, 5.41) is 6.88. The van der Waals surface area contributed by atoms with E-state index < -0.39 is 0 Å². The Hall–Kier alpha value is -3.06. The summed E-state index contributed by atoms with van der Waals surface area (Å²) in [5.41, 5.74) is 1.39. The molecule has 0 saturated carbocycles. The number of hydrogen-bond acceptors (Lipinski definition) is 3. The van der Waals surface area contributed by atoms with E-state index in [0.29, 0.717) is 38.4 Å². The molecule has 1 fully saturated rings. The molecule has 1 saturated heterocycles. The molecule has 0 bridgehead atoms. The van der Waals surface area contributed by atoms with Crippen molar-refractivity contribution in [3.63, 3.8) is 0 Å². The molecule has 1 aliphatic rings. The van der Waals surface area contributed by atoms with Crippen LogP contribution in [0.4, 0.5) is 0 Å². The van der Waals surface area contributed by atoms with Gasteiger partial charge >= 0.3 is 0 Å². The molecule has 0 unspecified atom stereocenters. The number of carbonyl (C=O) groups excluding carboxylic acids is 2. The number of benzene rings is 1. The van der Waals surface area contributed by atoms with Gasteiger partial charge in [-0.25, -0.2) is 0 Å². The molecule has 0 atom stereocenters. The molecule has 2 aromatic heterocycles. The van der Waals surface area contributed by atoms with Crippen LogP contribution in [-0.4, -0.2) is 47.3 Å². The molecule has 3 heterocycles. The molecule has 0 aliphatic carbocycles. The molecule has 7 heteroatoms. The fourth-order valence-corrected chi connectivity index (χ4v) is 4.27. The van der Waals surface area contributed by atoms with Crippen molar-refractivity contribution in [2.24, 2.45) is 7.05 Å². The van der Waals surface area contributed by atoms with E-state index in [0.717, 1.165) is 23.7 Å². The fourth-order valence-electron chi connectivity index (χ4n) is 4.27.